The van der Waals surface area contributed by atoms with Gasteiger partial charge in [0.05, 0.1) is 5.60 Å². The van der Waals surface area contributed by atoms with E-state index in [9.17, 15) is 0 Å². The van der Waals surface area contributed by atoms with E-state index in [0.29, 0.717) is 5.92 Å². The summed E-state index contributed by atoms with van der Waals surface area (Å²) in [5, 5.41) is 0.749. The first-order valence-electron chi connectivity index (χ1n) is 6.94. The quantitative estimate of drug-likeness (QED) is 0.860. The van der Waals surface area contributed by atoms with Crippen molar-refractivity contribution in [3.63, 3.8) is 0 Å². The summed E-state index contributed by atoms with van der Waals surface area (Å²) < 4.78 is 7.03. The highest BCUT2D eigenvalue weighted by molar-refractivity contribution is 9.10. The molecule has 0 aromatic heterocycles. The fraction of sp³-hybridized carbons (Fsp3) is 0.600. The number of rotatable bonds is 2. The third kappa shape index (κ3) is 2.71. The Hall–Kier alpha value is -0.0900. The lowest BCUT2D eigenvalue weighted by Gasteiger charge is -2.48. The van der Waals surface area contributed by atoms with Crippen molar-refractivity contribution in [2.45, 2.75) is 43.7 Å². The monoisotopic (exact) mass is 343 g/mol. The topological polar surface area (TPSA) is 35.2 Å². The molecule has 1 aromatic rings. The van der Waals surface area contributed by atoms with E-state index in [4.69, 9.17) is 22.1 Å². The van der Waals surface area contributed by atoms with Gasteiger partial charge in [0, 0.05) is 22.1 Å². The molecule has 2 fully saturated rings. The molecule has 2 aliphatic rings. The Morgan fingerprint density at radius 3 is 2.89 bits per heavy atom. The number of halogens is 2. The lowest BCUT2D eigenvalue weighted by Crippen LogP contribution is -2.47. The zero-order valence-corrected chi connectivity index (χ0v) is 13.2. The molecule has 1 saturated carbocycles. The van der Waals surface area contributed by atoms with Crippen LogP contribution in [0.25, 0.3) is 0 Å². The van der Waals surface area contributed by atoms with Crippen LogP contribution in [0.5, 0.6) is 0 Å². The van der Waals surface area contributed by atoms with Gasteiger partial charge in [0.2, 0.25) is 0 Å². The predicted molar refractivity (Wildman–Crippen MR) is 81.3 cm³/mol. The smallest absolute Gasteiger partial charge is 0.0686 e. The van der Waals surface area contributed by atoms with E-state index >= 15 is 0 Å². The number of benzene rings is 1. The van der Waals surface area contributed by atoms with Gasteiger partial charge in [0.25, 0.3) is 0 Å². The minimum Gasteiger partial charge on any atom is -0.375 e. The fourth-order valence-corrected chi connectivity index (χ4v) is 4.01. The highest BCUT2D eigenvalue weighted by Crippen LogP contribution is 2.47. The first-order valence-corrected chi connectivity index (χ1v) is 8.11. The van der Waals surface area contributed by atoms with Gasteiger partial charge < -0.3 is 10.5 Å². The van der Waals surface area contributed by atoms with Crippen molar-refractivity contribution >= 4 is 27.5 Å². The summed E-state index contributed by atoms with van der Waals surface area (Å²) in [7, 11) is 0. The van der Waals surface area contributed by atoms with Gasteiger partial charge in [-0.15, -0.1) is 0 Å². The van der Waals surface area contributed by atoms with Crippen LogP contribution in [0.3, 0.4) is 0 Å². The van der Waals surface area contributed by atoms with Crippen molar-refractivity contribution in [2.75, 3.05) is 6.61 Å². The zero-order valence-electron chi connectivity index (χ0n) is 10.9. The first-order chi connectivity index (χ1) is 9.10. The van der Waals surface area contributed by atoms with Gasteiger partial charge in [0.1, 0.15) is 0 Å². The molecule has 2 nitrogen and oxygen atoms in total. The molecule has 0 bridgehead atoms. The van der Waals surface area contributed by atoms with Gasteiger partial charge in [-0.25, -0.2) is 0 Å². The third-order valence-corrected chi connectivity index (χ3v) is 5.58. The Morgan fingerprint density at radius 1 is 1.42 bits per heavy atom. The predicted octanol–water partition coefficient (Wildman–Crippen LogP) is 4.45. The highest BCUT2D eigenvalue weighted by Gasteiger charge is 2.44. The van der Waals surface area contributed by atoms with Crippen LogP contribution in [0.4, 0.5) is 0 Å². The highest BCUT2D eigenvalue weighted by atomic mass is 79.9. The van der Waals surface area contributed by atoms with Crippen LogP contribution in [0.1, 0.15) is 43.7 Å². The van der Waals surface area contributed by atoms with Crippen LogP contribution in [0.2, 0.25) is 5.02 Å². The van der Waals surface area contributed by atoms with E-state index in [-0.39, 0.29) is 11.6 Å². The molecule has 1 aromatic carbocycles. The fourth-order valence-electron chi connectivity index (χ4n) is 3.32. The average molecular weight is 345 g/mol. The van der Waals surface area contributed by atoms with Crippen LogP contribution in [0, 0.1) is 5.92 Å². The summed E-state index contributed by atoms with van der Waals surface area (Å²) in [6.07, 6.45) is 5.83. The summed E-state index contributed by atoms with van der Waals surface area (Å²) in [6.45, 7) is 0.844. The summed E-state index contributed by atoms with van der Waals surface area (Å²) >= 11 is 9.68. The molecule has 4 heteroatoms. The molecule has 2 atom stereocenters. The van der Waals surface area contributed by atoms with E-state index in [2.05, 4.69) is 15.9 Å². The summed E-state index contributed by atoms with van der Waals surface area (Å²) in [5.74, 6) is 0.490. The van der Waals surface area contributed by atoms with E-state index in [0.717, 1.165) is 34.5 Å². The first kappa shape index (κ1) is 13.9. The number of nitrogens with two attached hydrogens (primary N) is 1. The second-order valence-electron chi connectivity index (χ2n) is 5.83. The molecular weight excluding hydrogens is 326 g/mol. The molecule has 19 heavy (non-hydrogen) atoms. The molecular formula is C15H19BrClNO. The van der Waals surface area contributed by atoms with Crippen LogP contribution >= 0.6 is 27.5 Å². The molecule has 104 valence electrons. The summed E-state index contributed by atoms with van der Waals surface area (Å²) in [6, 6.07) is 5.89. The van der Waals surface area contributed by atoms with Gasteiger partial charge in [-0.05, 0) is 61.8 Å². The maximum atomic E-state index is 6.50. The molecule has 2 unspecified atom stereocenters. The van der Waals surface area contributed by atoms with Crippen LogP contribution in [-0.4, -0.2) is 12.2 Å². The maximum Gasteiger partial charge on any atom is 0.0686 e. The zero-order chi connectivity index (χ0) is 13.5. The molecule has 1 aliphatic heterocycles. The molecule has 3 rings (SSSR count). The second-order valence-corrected chi connectivity index (χ2v) is 7.12. The van der Waals surface area contributed by atoms with E-state index in [1.54, 1.807) is 0 Å². The molecule has 2 N–H and O–H groups in total. The lowest BCUT2D eigenvalue weighted by molar-refractivity contribution is -0.146. The molecule has 1 aliphatic carbocycles. The van der Waals surface area contributed by atoms with Crippen LogP contribution < -0.4 is 5.73 Å². The normalized spacial score (nSPS) is 27.0. The van der Waals surface area contributed by atoms with Crippen molar-refractivity contribution < 1.29 is 4.74 Å². The largest absolute Gasteiger partial charge is 0.375 e. The number of ether oxygens (including phenoxy) is 1. The van der Waals surface area contributed by atoms with Crippen molar-refractivity contribution in [3.8, 4) is 0 Å². The standard InChI is InChI=1S/C15H19BrClNO/c16-13-3-2-11(17)8-12(13)14(18)10-4-7-19-15(9-10)5-1-6-15/h2-3,8,10,14H,1,4-7,9,18H2. The SMILES string of the molecule is NC(c1cc(Cl)ccc1Br)C1CCOC2(CCC2)C1. The summed E-state index contributed by atoms with van der Waals surface area (Å²) in [5.41, 5.74) is 7.76. The van der Waals surface area contributed by atoms with E-state index < -0.39 is 0 Å². The third-order valence-electron chi connectivity index (χ3n) is 4.62. The van der Waals surface area contributed by atoms with Crippen molar-refractivity contribution in [1.29, 1.82) is 0 Å². The van der Waals surface area contributed by atoms with Crippen molar-refractivity contribution in [3.05, 3.63) is 33.3 Å². The van der Waals surface area contributed by atoms with Gasteiger partial charge in [-0.3, -0.25) is 0 Å². The molecule has 0 radical (unpaired) electrons. The Morgan fingerprint density at radius 2 is 2.21 bits per heavy atom. The van der Waals surface area contributed by atoms with Gasteiger partial charge in [0.15, 0.2) is 0 Å². The van der Waals surface area contributed by atoms with Gasteiger partial charge in [-0.2, -0.15) is 0 Å². The Bertz CT molecular complexity index is 475. The molecule has 1 heterocycles. The minimum atomic E-state index is 0.0365. The lowest BCUT2D eigenvalue weighted by atomic mass is 9.70. The molecule has 0 amide bonds. The van der Waals surface area contributed by atoms with Gasteiger partial charge in [-0.1, -0.05) is 27.5 Å². The van der Waals surface area contributed by atoms with Crippen molar-refractivity contribution in [1.82, 2.24) is 0 Å². The molecule has 1 saturated heterocycles. The Labute approximate surface area is 127 Å². The average Bonchev–Trinajstić information content (AvgIpc) is 2.39. The number of hydrogen-bond donors (Lipinski definition) is 1. The van der Waals surface area contributed by atoms with E-state index in [1.165, 1.54) is 19.3 Å². The summed E-state index contributed by atoms with van der Waals surface area (Å²) in [4.78, 5) is 0. The van der Waals surface area contributed by atoms with Crippen LogP contribution in [-0.2, 0) is 4.74 Å². The Balaban J connectivity index is 1.79. The molecule has 1 spiro atoms. The van der Waals surface area contributed by atoms with Gasteiger partial charge >= 0.3 is 0 Å². The van der Waals surface area contributed by atoms with E-state index in [1.807, 2.05) is 18.2 Å². The number of hydrogen-bond acceptors (Lipinski definition) is 2. The minimum absolute atomic E-state index is 0.0365. The Kier molecular flexibility index (Phi) is 3.91. The second kappa shape index (κ2) is 5.36. The van der Waals surface area contributed by atoms with Crippen LogP contribution in [0.15, 0.2) is 22.7 Å². The van der Waals surface area contributed by atoms with Crippen molar-refractivity contribution in [2.24, 2.45) is 11.7 Å². The maximum absolute atomic E-state index is 6.50.